The van der Waals surface area contributed by atoms with Crippen LogP contribution in [0.2, 0.25) is 0 Å². The summed E-state index contributed by atoms with van der Waals surface area (Å²) in [6.07, 6.45) is -6.87. The van der Waals surface area contributed by atoms with Crippen molar-refractivity contribution in [3.8, 4) is 0 Å². The zero-order valence-corrected chi connectivity index (χ0v) is 9.23. The Morgan fingerprint density at radius 1 is 1.17 bits per heavy atom. The molecule has 1 aromatic carbocycles. The first-order valence-corrected chi connectivity index (χ1v) is 4.85. The van der Waals surface area contributed by atoms with E-state index in [1.165, 1.54) is 24.3 Å². The summed E-state index contributed by atoms with van der Waals surface area (Å²) in [5, 5.41) is 0. The number of rotatable bonds is 3. The Labute approximate surface area is 100 Å². The Hall–Kier alpha value is -1.89. The van der Waals surface area contributed by atoms with E-state index in [0.717, 1.165) is 6.92 Å². The van der Waals surface area contributed by atoms with Gasteiger partial charge in [-0.1, -0.05) is 18.2 Å². The number of carbonyl (C=O) groups excluding carboxylic acids is 2. The van der Waals surface area contributed by atoms with Gasteiger partial charge in [0.2, 0.25) is 0 Å². The highest BCUT2D eigenvalue weighted by Crippen LogP contribution is 2.19. The molecule has 0 N–H and O–H groups in total. The fourth-order valence-corrected chi connectivity index (χ4v) is 1.06. The summed E-state index contributed by atoms with van der Waals surface area (Å²) in [6.45, 7) is 0.841. The third-order valence-electron chi connectivity index (χ3n) is 1.85. The van der Waals surface area contributed by atoms with Gasteiger partial charge < -0.3 is 4.74 Å². The second-order valence-corrected chi connectivity index (χ2v) is 3.28. The number of esters is 2. The van der Waals surface area contributed by atoms with Crippen molar-refractivity contribution in [3.63, 3.8) is 0 Å². The van der Waals surface area contributed by atoms with E-state index in [2.05, 4.69) is 9.47 Å². The number of ether oxygens (including phenoxy) is 2. The summed E-state index contributed by atoms with van der Waals surface area (Å²) >= 11 is 0. The van der Waals surface area contributed by atoms with Crippen molar-refractivity contribution >= 4 is 11.9 Å². The molecular weight excluding hydrogens is 253 g/mol. The van der Waals surface area contributed by atoms with Gasteiger partial charge in [-0.2, -0.15) is 0 Å². The predicted molar refractivity (Wildman–Crippen MR) is 53.5 cm³/mol. The summed E-state index contributed by atoms with van der Waals surface area (Å²) in [5.74, 6) is -2.43. The Balaban J connectivity index is 2.58. The molecule has 0 aliphatic heterocycles. The molecule has 0 aliphatic rings. The van der Waals surface area contributed by atoms with Gasteiger partial charge in [-0.05, 0) is 19.1 Å². The largest absolute Gasteiger partial charge is 0.523 e. The molecule has 7 heteroatoms. The maximum absolute atomic E-state index is 11.8. The number of halogens is 3. The van der Waals surface area contributed by atoms with Crippen LogP contribution in [0.1, 0.15) is 17.3 Å². The summed E-state index contributed by atoms with van der Waals surface area (Å²) in [6, 6.07) is 7.41. The van der Waals surface area contributed by atoms with Crippen LogP contribution in [0.25, 0.3) is 0 Å². The average Bonchev–Trinajstić information content (AvgIpc) is 2.27. The molecule has 0 aromatic heterocycles. The lowest BCUT2D eigenvalue weighted by atomic mass is 10.2. The van der Waals surface area contributed by atoms with Crippen molar-refractivity contribution in [1.82, 2.24) is 0 Å². The van der Waals surface area contributed by atoms with Crippen molar-refractivity contribution in [1.29, 1.82) is 0 Å². The van der Waals surface area contributed by atoms with E-state index in [4.69, 9.17) is 0 Å². The first kappa shape index (κ1) is 14.2. The summed E-state index contributed by atoms with van der Waals surface area (Å²) < 4.78 is 43.1. The highest BCUT2D eigenvalue weighted by Gasteiger charge is 2.35. The van der Waals surface area contributed by atoms with E-state index < -0.39 is 24.4 Å². The summed E-state index contributed by atoms with van der Waals surface area (Å²) in [5.41, 5.74) is 0.0602. The topological polar surface area (TPSA) is 52.6 Å². The molecule has 0 radical (unpaired) electrons. The van der Waals surface area contributed by atoms with Crippen LogP contribution in [0.5, 0.6) is 0 Å². The van der Waals surface area contributed by atoms with E-state index in [9.17, 15) is 22.8 Å². The molecule has 0 saturated carbocycles. The van der Waals surface area contributed by atoms with Crippen molar-refractivity contribution in [2.75, 3.05) is 0 Å². The molecule has 0 bridgehead atoms. The predicted octanol–water partition coefficient (Wildman–Crippen LogP) is 2.29. The van der Waals surface area contributed by atoms with Gasteiger partial charge >= 0.3 is 18.3 Å². The van der Waals surface area contributed by atoms with Crippen LogP contribution in [0.3, 0.4) is 0 Å². The van der Waals surface area contributed by atoms with Crippen LogP contribution >= 0.6 is 0 Å². The van der Waals surface area contributed by atoms with Crippen LogP contribution in [-0.4, -0.2) is 24.4 Å². The molecular formula is C11H9F3O4. The van der Waals surface area contributed by atoms with E-state index >= 15 is 0 Å². The second kappa shape index (κ2) is 5.63. The Morgan fingerprint density at radius 3 is 2.22 bits per heavy atom. The van der Waals surface area contributed by atoms with Gasteiger partial charge in [0, 0.05) is 0 Å². The summed E-state index contributed by atoms with van der Waals surface area (Å²) in [7, 11) is 0. The van der Waals surface area contributed by atoms with Crippen LogP contribution in [0, 0.1) is 0 Å². The van der Waals surface area contributed by atoms with Gasteiger partial charge in [0.05, 0.1) is 5.56 Å². The van der Waals surface area contributed by atoms with Gasteiger partial charge in [-0.3, -0.25) is 4.74 Å². The molecule has 0 heterocycles. The minimum Gasteiger partial charge on any atom is -0.387 e. The van der Waals surface area contributed by atoms with Crippen molar-refractivity contribution in [3.05, 3.63) is 35.9 Å². The number of benzene rings is 1. The maximum Gasteiger partial charge on any atom is 0.523 e. The van der Waals surface area contributed by atoms with Crippen LogP contribution in [-0.2, 0) is 14.3 Å². The molecule has 1 aromatic rings. The fraction of sp³-hybridized carbons (Fsp3) is 0.273. The molecule has 18 heavy (non-hydrogen) atoms. The molecule has 0 saturated heterocycles. The number of carbonyl (C=O) groups is 2. The molecule has 0 fully saturated rings. The van der Waals surface area contributed by atoms with E-state index in [1.54, 1.807) is 6.07 Å². The Bertz CT molecular complexity index is 428. The maximum atomic E-state index is 11.8. The average molecular weight is 262 g/mol. The minimum absolute atomic E-state index is 0.0602. The summed E-state index contributed by atoms with van der Waals surface area (Å²) in [4.78, 5) is 22.5. The quantitative estimate of drug-likeness (QED) is 0.619. The van der Waals surface area contributed by atoms with Gasteiger partial charge in [0.15, 0.2) is 6.10 Å². The lowest BCUT2D eigenvalue weighted by Gasteiger charge is -2.13. The molecule has 98 valence electrons. The van der Waals surface area contributed by atoms with Crippen LogP contribution in [0.4, 0.5) is 13.2 Å². The van der Waals surface area contributed by atoms with Crippen molar-refractivity contribution in [2.24, 2.45) is 0 Å². The lowest BCUT2D eigenvalue weighted by Crippen LogP contribution is -2.31. The third-order valence-corrected chi connectivity index (χ3v) is 1.85. The molecule has 1 rings (SSSR count). The zero-order valence-electron chi connectivity index (χ0n) is 9.23. The number of hydrogen-bond donors (Lipinski definition) is 0. The van der Waals surface area contributed by atoms with Crippen LogP contribution < -0.4 is 0 Å². The number of alkyl halides is 3. The molecule has 0 spiro atoms. The molecule has 0 aliphatic carbocycles. The Morgan fingerprint density at radius 2 is 1.72 bits per heavy atom. The first-order valence-electron chi connectivity index (χ1n) is 4.85. The monoisotopic (exact) mass is 262 g/mol. The molecule has 1 unspecified atom stereocenters. The van der Waals surface area contributed by atoms with E-state index in [0.29, 0.717) is 0 Å². The highest BCUT2D eigenvalue weighted by molar-refractivity contribution is 5.97. The zero-order chi connectivity index (χ0) is 13.8. The standard InChI is InChI=1S/C11H9F3O4/c1-7(18-11(12,13)14)9(15)17-10(16)8-5-3-2-4-6-8/h2-7H,1H3. The van der Waals surface area contributed by atoms with Crippen molar-refractivity contribution < 1.29 is 32.2 Å². The Kier molecular flexibility index (Phi) is 4.43. The first-order chi connectivity index (χ1) is 8.29. The SMILES string of the molecule is CC(OC(F)(F)F)C(=O)OC(=O)c1ccccc1. The third kappa shape index (κ3) is 4.54. The normalized spacial score (nSPS) is 12.9. The van der Waals surface area contributed by atoms with E-state index in [1.807, 2.05) is 0 Å². The number of hydrogen-bond acceptors (Lipinski definition) is 4. The van der Waals surface area contributed by atoms with E-state index in [-0.39, 0.29) is 5.56 Å². The molecule has 4 nitrogen and oxygen atoms in total. The van der Waals surface area contributed by atoms with Gasteiger partial charge in [-0.25, -0.2) is 9.59 Å². The fourth-order valence-electron chi connectivity index (χ4n) is 1.06. The van der Waals surface area contributed by atoms with Crippen molar-refractivity contribution in [2.45, 2.75) is 19.4 Å². The highest BCUT2D eigenvalue weighted by atomic mass is 19.4. The second-order valence-electron chi connectivity index (χ2n) is 3.28. The van der Waals surface area contributed by atoms with Crippen LogP contribution in [0.15, 0.2) is 30.3 Å². The molecule has 1 atom stereocenters. The lowest BCUT2D eigenvalue weighted by molar-refractivity contribution is -0.337. The molecule has 0 amide bonds. The smallest absolute Gasteiger partial charge is 0.387 e. The minimum atomic E-state index is -4.96. The van der Waals surface area contributed by atoms with Gasteiger partial charge in [0.25, 0.3) is 0 Å². The van der Waals surface area contributed by atoms with Gasteiger partial charge in [-0.15, -0.1) is 13.2 Å². The van der Waals surface area contributed by atoms with Gasteiger partial charge in [0.1, 0.15) is 0 Å².